The molecule has 2 aromatic rings. The fourth-order valence-electron chi connectivity index (χ4n) is 1.43. The molecule has 0 radical (unpaired) electrons. The summed E-state index contributed by atoms with van der Waals surface area (Å²) in [5, 5.41) is 3.22. The molecule has 0 aliphatic carbocycles. The maximum absolute atomic E-state index is 6.00. The van der Waals surface area contributed by atoms with E-state index < -0.39 is 0 Å². The lowest BCUT2D eigenvalue weighted by molar-refractivity contribution is 0.462. The van der Waals surface area contributed by atoms with Crippen molar-refractivity contribution >= 4 is 17.5 Å². The third-order valence-electron chi connectivity index (χ3n) is 2.63. The molecular formula is C13H14ClN3O. The van der Waals surface area contributed by atoms with E-state index in [-0.39, 0.29) is 0 Å². The Bertz CT molecular complexity index is 572. The molecule has 18 heavy (non-hydrogen) atoms. The minimum atomic E-state index is 0.347. The molecule has 0 atom stereocenters. The number of benzene rings is 1. The molecule has 1 aromatic carbocycles. The normalized spacial score (nSPS) is 10.2. The van der Waals surface area contributed by atoms with Crippen molar-refractivity contribution in [2.24, 2.45) is 0 Å². The van der Waals surface area contributed by atoms with Crippen LogP contribution in [0.15, 0.2) is 24.4 Å². The van der Waals surface area contributed by atoms with Crippen LogP contribution < -0.4 is 10.1 Å². The molecule has 0 amide bonds. The van der Waals surface area contributed by atoms with Gasteiger partial charge in [0, 0.05) is 7.05 Å². The predicted octanol–water partition coefficient (Wildman–Crippen LogP) is 3.58. The first-order chi connectivity index (χ1) is 8.60. The summed E-state index contributed by atoms with van der Waals surface area (Å²) in [6.07, 6.45) is 1.51. The largest absolute Gasteiger partial charge is 0.437 e. The first kappa shape index (κ1) is 12.6. The van der Waals surface area contributed by atoms with Crippen LogP contribution in [-0.2, 0) is 0 Å². The molecule has 0 saturated heterocycles. The van der Waals surface area contributed by atoms with E-state index in [0.29, 0.717) is 22.6 Å². The van der Waals surface area contributed by atoms with Crippen molar-refractivity contribution in [1.82, 2.24) is 9.97 Å². The lowest BCUT2D eigenvalue weighted by Crippen LogP contribution is -1.98. The maximum Gasteiger partial charge on any atom is 0.243 e. The first-order valence-electron chi connectivity index (χ1n) is 5.55. The highest BCUT2D eigenvalue weighted by molar-refractivity contribution is 6.31. The molecule has 2 rings (SSSR count). The van der Waals surface area contributed by atoms with Gasteiger partial charge in [-0.15, -0.1) is 0 Å². The summed E-state index contributed by atoms with van der Waals surface area (Å²) in [6.45, 7) is 4.08. The molecule has 1 aromatic heterocycles. The first-order valence-corrected chi connectivity index (χ1v) is 5.93. The Hall–Kier alpha value is -1.81. The molecule has 0 bridgehead atoms. The number of halogens is 1. The van der Waals surface area contributed by atoms with Gasteiger partial charge in [-0.2, -0.15) is 4.98 Å². The third kappa shape index (κ3) is 2.71. The topological polar surface area (TPSA) is 47.0 Å². The average molecular weight is 264 g/mol. The van der Waals surface area contributed by atoms with Crippen LogP contribution in [0.2, 0.25) is 5.02 Å². The zero-order chi connectivity index (χ0) is 13.1. The van der Waals surface area contributed by atoms with Gasteiger partial charge in [0.05, 0.1) is 6.20 Å². The van der Waals surface area contributed by atoms with Crippen LogP contribution in [0.25, 0.3) is 0 Å². The number of ether oxygens (including phenoxy) is 1. The number of rotatable bonds is 3. The fourth-order valence-corrected chi connectivity index (χ4v) is 1.56. The van der Waals surface area contributed by atoms with Crippen LogP contribution in [0.5, 0.6) is 11.6 Å². The van der Waals surface area contributed by atoms with Gasteiger partial charge in [-0.05, 0) is 37.1 Å². The van der Waals surface area contributed by atoms with Gasteiger partial charge < -0.3 is 10.1 Å². The maximum atomic E-state index is 6.00. The smallest absolute Gasteiger partial charge is 0.243 e. The van der Waals surface area contributed by atoms with Crippen molar-refractivity contribution in [2.45, 2.75) is 13.8 Å². The summed E-state index contributed by atoms with van der Waals surface area (Å²) >= 11 is 6.00. The van der Waals surface area contributed by atoms with Gasteiger partial charge in [0.25, 0.3) is 0 Å². The minimum absolute atomic E-state index is 0.347. The molecule has 0 saturated carbocycles. The summed E-state index contributed by atoms with van der Waals surface area (Å²) in [4.78, 5) is 8.16. The van der Waals surface area contributed by atoms with Crippen LogP contribution in [0.3, 0.4) is 0 Å². The quantitative estimate of drug-likeness (QED) is 0.919. The highest BCUT2D eigenvalue weighted by Gasteiger charge is 2.07. The van der Waals surface area contributed by atoms with Crippen molar-refractivity contribution in [3.8, 4) is 11.6 Å². The van der Waals surface area contributed by atoms with Crippen LogP contribution in [-0.4, -0.2) is 17.0 Å². The average Bonchev–Trinajstić information content (AvgIpc) is 2.36. The lowest BCUT2D eigenvalue weighted by atomic mass is 10.1. The van der Waals surface area contributed by atoms with Crippen LogP contribution in [0.1, 0.15) is 11.1 Å². The standard InChI is InChI=1S/C13H14ClN3O/c1-8-4-5-10(6-9(8)2)18-12-11(14)7-16-13(15-3)17-12/h4-7H,1-3H3,(H,15,16,17). The summed E-state index contributed by atoms with van der Waals surface area (Å²) in [6, 6.07) is 5.84. The van der Waals surface area contributed by atoms with Gasteiger partial charge >= 0.3 is 0 Å². The second kappa shape index (κ2) is 5.23. The van der Waals surface area contributed by atoms with E-state index in [1.807, 2.05) is 25.1 Å². The number of hydrogen-bond acceptors (Lipinski definition) is 4. The number of aromatic nitrogens is 2. The SMILES string of the molecule is CNc1ncc(Cl)c(Oc2ccc(C)c(C)c2)n1. The summed E-state index contributed by atoms with van der Waals surface area (Å²) < 4.78 is 5.66. The molecular weight excluding hydrogens is 250 g/mol. The third-order valence-corrected chi connectivity index (χ3v) is 2.89. The molecule has 0 fully saturated rings. The molecule has 0 aliphatic rings. The highest BCUT2D eigenvalue weighted by Crippen LogP contribution is 2.28. The second-order valence-electron chi connectivity index (χ2n) is 3.94. The van der Waals surface area contributed by atoms with Gasteiger partial charge in [-0.25, -0.2) is 4.98 Å². The van der Waals surface area contributed by atoms with E-state index in [1.165, 1.54) is 11.8 Å². The molecule has 0 unspecified atom stereocenters. The Morgan fingerprint density at radius 2 is 2.00 bits per heavy atom. The van der Waals surface area contributed by atoms with Crippen molar-refractivity contribution in [2.75, 3.05) is 12.4 Å². The lowest BCUT2D eigenvalue weighted by Gasteiger charge is -2.09. The Morgan fingerprint density at radius 3 is 2.67 bits per heavy atom. The molecule has 4 nitrogen and oxygen atoms in total. The van der Waals surface area contributed by atoms with Crippen LogP contribution >= 0.6 is 11.6 Å². The Kier molecular flexibility index (Phi) is 3.67. The molecule has 1 N–H and O–H groups in total. The van der Waals surface area contributed by atoms with E-state index in [4.69, 9.17) is 16.3 Å². The Balaban J connectivity index is 2.30. The predicted molar refractivity (Wildman–Crippen MR) is 72.6 cm³/mol. The molecule has 1 heterocycles. The Labute approximate surface area is 111 Å². The van der Waals surface area contributed by atoms with Crippen molar-refractivity contribution < 1.29 is 4.74 Å². The van der Waals surface area contributed by atoms with Gasteiger partial charge in [-0.3, -0.25) is 0 Å². The number of nitrogens with one attached hydrogen (secondary N) is 1. The van der Waals surface area contributed by atoms with Gasteiger partial charge in [-0.1, -0.05) is 17.7 Å². The van der Waals surface area contributed by atoms with E-state index in [0.717, 1.165) is 5.56 Å². The monoisotopic (exact) mass is 263 g/mol. The molecule has 5 heteroatoms. The van der Waals surface area contributed by atoms with Gasteiger partial charge in [0.1, 0.15) is 10.8 Å². The second-order valence-corrected chi connectivity index (χ2v) is 4.35. The number of hydrogen-bond donors (Lipinski definition) is 1. The number of aryl methyl sites for hydroxylation is 2. The van der Waals surface area contributed by atoms with E-state index in [9.17, 15) is 0 Å². The van der Waals surface area contributed by atoms with Gasteiger partial charge in [0.2, 0.25) is 11.8 Å². The Morgan fingerprint density at radius 1 is 1.22 bits per heavy atom. The van der Waals surface area contributed by atoms with Crippen molar-refractivity contribution in [3.63, 3.8) is 0 Å². The van der Waals surface area contributed by atoms with E-state index in [2.05, 4.69) is 22.2 Å². The zero-order valence-corrected chi connectivity index (χ0v) is 11.2. The highest BCUT2D eigenvalue weighted by atomic mass is 35.5. The van der Waals surface area contributed by atoms with Gasteiger partial charge in [0.15, 0.2) is 0 Å². The summed E-state index contributed by atoms with van der Waals surface area (Å²) in [5.74, 6) is 1.53. The zero-order valence-electron chi connectivity index (χ0n) is 10.5. The molecule has 94 valence electrons. The number of anilines is 1. The molecule has 0 aliphatic heterocycles. The van der Waals surface area contributed by atoms with Crippen molar-refractivity contribution in [3.05, 3.63) is 40.5 Å². The van der Waals surface area contributed by atoms with Crippen molar-refractivity contribution in [1.29, 1.82) is 0 Å². The minimum Gasteiger partial charge on any atom is -0.437 e. The fraction of sp³-hybridized carbons (Fsp3) is 0.231. The molecule has 0 spiro atoms. The van der Waals surface area contributed by atoms with Crippen LogP contribution in [0, 0.1) is 13.8 Å². The van der Waals surface area contributed by atoms with E-state index >= 15 is 0 Å². The van der Waals surface area contributed by atoms with E-state index in [1.54, 1.807) is 7.05 Å². The van der Waals surface area contributed by atoms with Crippen LogP contribution in [0.4, 0.5) is 5.95 Å². The summed E-state index contributed by atoms with van der Waals surface area (Å²) in [5.41, 5.74) is 2.37. The number of nitrogens with zero attached hydrogens (tertiary/aromatic N) is 2. The summed E-state index contributed by atoms with van der Waals surface area (Å²) in [7, 11) is 1.74.